The van der Waals surface area contributed by atoms with Crippen LogP contribution in [0.1, 0.15) is 76.0 Å². The first-order valence-electron chi connectivity index (χ1n) is 13.1. The second kappa shape index (κ2) is 11.4. The summed E-state index contributed by atoms with van der Waals surface area (Å²) >= 11 is 6.08. The molecule has 2 aliphatic rings. The van der Waals surface area contributed by atoms with Crippen molar-refractivity contribution in [3.63, 3.8) is 0 Å². The van der Waals surface area contributed by atoms with E-state index in [-0.39, 0.29) is 0 Å². The van der Waals surface area contributed by atoms with Gasteiger partial charge in [-0.05, 0) is 85.5 Å². The average molecular weight is 464 g/mol. The fourth-order valence-corrected chi connectivity index (χ4v) is 6.07. The minimum absolute atomic E-state index is 0.500. The number of aryl methyl sites for hydroxylation is 2. The molecule has 0 amide bonds. The number of thiocarbonyl (C=S) groups is 1. The number of nitrogens with one attached hydrogen (secondary N) is 1. The number of nitrogens with zero attached hydrogens (tertiary/aromatic N) is 2. The maximum absolute atomic E-state index is 6.08. The zero-order valence-electron chi connectivity index (χ0n) is 20.8. The SMILES string of the molecule is CCCN1CCCc2cc(CN(C(=S)Nc3ccccc3CC)C3CCCCC3C)ccc21. The van der Waals surface area contributed by atoms with Crippen LogP contribution in [-0.4, -0.2) is 29.1 Å². The highest BCUT2D eigenvalue weighted by atomic mass is 32.1. The Kier molecular flexibility index (Phi) is 8.29. The zero-order chi connectivity index (χ0) is 23.2. The molecule has 3 nitrogen and oxygen atoms in total. The lowest BCUT2D eigenvalue weighted by molar-refractivity contribution is 0.177. The van der Waals surface area contributed by atoms with E-state index < -0.39 is 0 Å². The highest BCUT2D eigenvalue weighted by Crippen LogP contribution is 2.32. The molecule has 4 rings (SSSR count). The lowest BCUT2D eigenvalue weighted by atomic mass is 9.84. The fourth-order valence-electron chi connectivity index (χ4n) is 5.76. The number of hydrogen-bond acceptors (Lipinski definition) is 2. The summed E-state index contributed by atoms with van der Waals surface area (Å²) in [6.07, 6.45) is 9.83. The minimum atomic E-state index is 0.500. The highest BCUT2D eigenvalue weighted by molar-refractivity contribution is 7.80. The predicted octanol–water partition coefficient (Wildman–Crippen LogP) is 7.19. The Hall–Kier alpha value is -2.07. The molecule has 0 aromatic heterocycles. The van der Waals surface area contributed by atoms with Crippen molar-refractivity contribution >= 4 is 28.7 Å². The molecule has 33 heavy (non-hydrogen) atoms. The molecule has 1 fully saturated rings. The Morgan fingerprint density at radius 1 is 1.09 bits per heavy atom. The standard InChI is InChI=1S/C29H41N3S/c1-4-18-31-19-10-13-25-20-23(16-17-28(25)31)21-32(27-15-9-6-11-22(27)3)29(33)30-26-14-8-7-12-24(26)5-2/h7-8,12,14,16-17,20,22,27H,4-6,9-11,13,15,18-19,21H2,1-3H3,(H,30,33). The largest absolute Gasteiger partial charge is 0.371 e. The van der Waals surface area contributed by atoms with Crippen molar-refractivity contribution in [3.05, 3.63) is 59.2 Å². The van der Waals surface area contributed by atoms with Gasteiger partial charge in [-0.2, -0.15) is 0 Å². The van der Waals surface area contributed by atoms with E-state index in [4.69, 9.17) is 12.2 Å². The molecule has 0 saturated heterocycles. The molecule has 0 bridgehead atoms. The summed E-state index contributed by atoms with van der Waals surface area (Å²) in [6, 6.07) is 16.2. The van der Waals surface area contributed by atoms with Gasteiger partial charge in [0.25, 0.3) is 0 Å². The second-order valence-electron chi connectivity index (χ2n) is 9.95. The summed E-state index contributed by atoms with van der Waals surface area (Å²) in [6.45, 7) is 10.1. The van der Waals surface area contributed by atoms with Gasteiger partial charge >= 0.3 is 0 Å². The number of anilines is 2. The maximum Gasteiger partial charge on any atom is 0.173 e. The van der Waals surface area contributed by atoms with Crippen molar-refractivity contribution in [3.8, 4) is 0 Å². The third-order valence-electron chi connectivity index (χ3n) is 7.57. The summed E-state index contributed by atoms with van der Waals surface area (Å²) in [5.41, 5.74) is 6.82. The number of para-hydroxylation sites is 1. The third-order valence-corrected chi connectivity index (χ3v) is 7.91. The quantitative estimate of drug-likeness (QED) is 0.438. The molecule has 1 aliphatic heterocycles. The van der Waals surface area contributed by atoms with Crippen LogP contribution in [0.3, 0.4) is 0 Å². The van der Waals surface area contributed by atoms with Gasteiger partial charge in [0.1, 0.15) is 0 Å². The van der Waals surface area contributed by atoms with Crippen molar-refractivity contribution in [2.45, 2.75) is 84.7 Å². The number of benzene rings is 2. The van der Waals surface area contributed by atoms with Gasteiger partial charge in [-0.25, -0.2) is 0 Å². The Labute approximate surface area is 206 Å². The lowest BCUT2D eigenvalue weighted by Crippen LogP contribution is -2.46. The molecule has 0 radical (unpaired) electrons. The van der Waals surface area contributed by atoms with Gasteiger partial charge in [0.2, 0.25) is 0 Å². The lowest BCUT2D eigenvalue weighted by Gasteiger charge is -2.40. The van der Waals surface area contributed by atoms with Crippen LogP contribution in [0.5, 0.6) is 0 Å². The van der Waals surface area contributed by atoms with Crippen molar-refractivity contribution < 1.29 is 0 Å². The topological polar surface area (TPSA) is 18.5 Å². The van der Waals surface area contributed by atoms with Crippen molar-refractivity contribution in [1.29, 1.82) is 0 Å². The van der Waals surface area contributed by atoms with Crippen molar-refractivity contribution in [2.75, 3.05) is 23.3 Å². The predicted molar refractivity (Wildman–Crippen MR) is 146 cm³/mol. The van der Waals surface area contributed by atoms with Gasteiger partial charge in [0.05, 0.1) is 0 Å². The van der Waals surface area contributed by atoms with E-state index in [0.29, 0.717) is 12.0 Å². The molecule has 2 unspecified atom stereocenters. The smallest absolute Gasteiger partial charge is 0.173 e. The molecule has 0 spiro atoms. The van der Waals surface area contributed by atoms with E-state index in [1.54, 1.807) is 0 Å². The van der Waals surface area contributed by atoms with Crippen molar-refractivity contribution in [1.82, 2.24) is 4.90 Å². The van der Waals surface area contributed by atoms with E-state index in [0.717, 1.165) is 30.3 Å². The summed E-state index contributed by atoms with van der Waals surface area (Å²) in [4.78, 5) is 5.07. The van der Waals surface area contributed by atoms with Gasteiger partial charge in [-0.3, -0.25) is 0 Å². The minimum Gasteiger partial charge on any atom is -0.371 e. The molecule has 4 heteroatoms. The van der Waals surface area contributed by atoms with E-state index in [1.807, 2.05) is 0 Å². The molecular weight excluding hydrogens is 422 g/mol. The van der Waals surface area contributed by atoms with Crippen LogP contribution in [0.25, 0.3) is 0 Å². The van der Waals surface area contributed by atoms with Gasteiger partial charge in [0, 0.05) is 37.1 Å². The Morgan fingerprint density at radius 2 is 1.91 bits per heavy atom. The van der Waals surface area contributed by atoms with Crippen LogP contribution < -0.4 is 10.2 Å². The number of hydrogen-bond donors (Lipinski definition) is 1. The fraction of sp³-hybridized carbons (Fsp3) is 0.552. The van der Waals surface area contributed by atoms with Crippen LogP contribution in [0.2, 0.25) is 0 Å². The molecule has 1 heterocycles. The molecule has 1 N–H and O–H groups in total. The average Bonchev–Trinajstić information content (AvgIpc) is 2.83. The van der Waals surface area contributed by atoms with Gasteiger partial charge in [-0.15, -0.1) is 0 Å². The summed E-state index contributed by atoms with van der Waals surface area (Å²) in [5.74, 6) is 0.664. The van der Waals surface area contributed by atoms with Crippen LogP contribution in [0, 0.1) is 5.92 Å². The second-order valence-corrected chi connectivity index (χ2v) is 10.3. The molecule has 1 saturated carbocycles. The molecular formula is C29H41N3S. The first kappa shape index (κ1) is 24.1. The van der Waals surface area contributed by atoms with E-state index >= 15 is 0 Å². The van der Waals surface area contributed by atoms with Crippen LogP contribution in [-0.2, 0) is 19.4 Å². The summed E-state index contributed by atoms with van der Waals surface area (Å²) < 4.78 is 0. The molecule has 1 aliphatic carbocycles. The van der Waals surface area contributed by atoms with Crippen LogP contribution >= 0.6 is 12.2 Å². The molecule has 2 aromatic carbocycles. The van der Waals surface area contributed by atoms with Gasteiger partial charge in [0.15, 0.2) is 5.11 Å². The summed E-state index contributed by atoms with van der Waals surface area (Å²) in [7, 11) is 0. The molecule has 178 valence electrons. The van der Waals surface area contributed by atoms with Gasteiger partial charge in [-0.1, -0.05) is 63.9 Å². The normalized spacial score (nSPS) is 20.3. The molecule has 2 aromatic rings. The third kappa shape index (κ3) is 5.71. The maximum atomic E-state index is 6.08. The summed E-state index contributed by atoms with van der Waals surface area (Å²) in [5, 5.41) is 4.51. The Morgan fingerprint density at radius 3 is 2.70 bits per heavy atom. The number of rotatable bonds is 7. The van der Waals surface area contributed by atoms with Gasteiger partial charge < -0.3 is 15.1 Å². The van der Waals surface area contributed by atoms with E-state index in [2.05, 4.69) is 78.4 Å². The van der Waals surface area contributed by atoms with E-state index in [1.165, 1.54) is 73.9 Å². The van der Waals surface area contributed by atoms with Crippen LogP contribution in [0.4, 0.5) is 11.4 Å². The monoisotopic (exact) mass is 463 g/mol. The first-order valence-corrected chi connectivity index (χ1v) is 13.5. The Bertz CT molecular complexity index is 940. The Balaban J connectivity index is 1.58. The van der Waals surface area contributed by atoms with Crippen LogP contribution in [0.15, 0.2) is 42.5 Å². The highest BCUT2D eigenvalue weighted by Gasteiger charge is 2.29. The van der Waals surface area contributed by atoms with Crippen molar-refractivity contribution in [2.24, 2.45) is 5.92 Å². The van der Waals surface area contributed by atoms with E-state index in [9.17, 15) is 0 Å². The number of fused-ring (bicyclic) bond motifs is 1. The molecule has 2 atom stereocenters. The first-order chi connectivity index (χ1) is 16.1. The zero-order valence-corrected chi connectivity index (χ0v) is 21.6.